The van der Waals surface area contributed by atoms with E-state index in [1.54, 1.807) is 30.5 Å². The van der Waals surface area contributed by atoms with Crippen LogP contribution in [0.15, 0.2) is 149 Å². The number of fused-ring (bicyclic) bond motifs is 2. The fourth-order valence-electron chi connectivity index (χ4n) is 11.2. The molecule has 128 heavy (non-hydrogen) atoms. The molecule has 33 nitrogen and oxygen atoms in total. The molecule has 0 radical (unpaired) electrons. The number of anilines is 7. The number of nitro benzene ring substituents is 2. The summed E-state index contributed by atoms with van der Waals surface area (Å²) in [7, 11) is 0. The number of ether oxygens (including phenoxy) is 2. The Balaban J connectivity index is 0.000000497. The van der Waals surface area contributed by atoms with Crippen molar-refractivity contribution < 1.29 is 111 Å². The number of alkyl carbamates (subject to hydrolysis) is 2. The molecule has 48 heteroatoms. The second-order valence-corrected chi connectivity index (χ2v) is 34.7. The molecule has 0 spiro atoms. The first-order valence-electron chi connectivity index (χ1n) is 37.3. The number of nitro groups is 2. The van der Waals surface area contributed by atoms with Gasteiger partial charge in [0, 0.05) is 121 Å². The van der Waals surface area contributed by atoms with Gasteiger partial charge in [0.1, 0.15) is 62.1 Å². The van der Waals surface area contributed by atoms with Crippen LogP contribution in [0.4, 0.5) is 91.5 Å². The number of hydrogen-bond donors (Lipinski definition) is 10. The van der Waals surface area contributed by atoms with Crippen LogP contribution in [0.3, 0.4) is 0 Å². The molecule has 2 aromatic heterocycles. The van der Waals surface area contributed by atoms with Gasteiger partial charge in [-0.05, 0) is 315 Å². The summed E-state index contributed by atoms with van der Waals surface area (Å²) >= 11 is 23.3. The summed E-state index contributed by atoms with van der Waals surface area (Å²) in [6.07, 6.45) is 13.0. The van der Waals surface area contributed by atoms with Gasteiger partial charge < -0.3 is 69.1 Å². The molecular formula is C80H89Br6ClF7FeN17O16. The van der Waals surface area contributed by atoms with E-state index in [2.05, 4.69) is 159 Å². The van der Waals surface area contributed by atoms with Gasteiger partial charge in [0.2, 0.25) is 28.7 Å². The Morgan fingerprint density at radius 3 is 1.35 bits per heavy atom. The van der Waals surface area contributed by atoms with Gasteiger partial charge in [0.25, 0.3) is 5.09 Å². The average Bonchev–Trinajstić information content (AvgIpc) is 1.56. The molecule has 4 unspecified atom stereocenters. The number of piperidine rings is 2. The molecule has 7 aromatic carbocycles. The van der Waals surface area contributed by atoms with Crippen LogP contribution in [-0.2, 0) is 50.5 Å². The van der Waals surface area contributed by atoms with E-state index in [4.69, 9.17) is 57.3 Å². The zero-order chi connectivity index (χ0) is 96.1. The van der Waals surface area contributed by atoms with E-state index in [0.29, 0.717) is 59.7 Å². The summed E-state index contributed by atoms with van der Waals surface area (Å²) in [5.41, 5.74) is 22.1. The fourth-order valence-corrected chi connectivity index (χ4v) is 13.3. The predicted molar refractivity (Wildman–Crippen MR) is 487 cm³/mol. The number of nitrogen functional groups attached to an aromatic ring is 4. The molecule has 2 aliphatic carbocycles. The number of nitrogens with zero attached hydrogens (tertiary/aromatic N) is 8. The first-order chi connectivity index (χ1) is 59.3. The summed E-state index contributed by atoms with van der Waals surface area (Å²) in [6.45, 7) is 18.6. The Morgan fingerprint density at radius 2 is 0.906 bits per heavy atom. The summed E-state index contributed by atoms with van der Waals surface area (Å²) in [4.78, 5) is 118. The summed E-state index contributed by atoms with van der Waals surface area (Å²) < 4.78 is 105. The molecule has 9 aromatic rings. The summed E-state index contributed by atoms with van der Waals surface area (Å²) in [5, 5.41) is 48.2. The number of halogens is 14. The van der Waals surface area contributed by atoms with Crippen LogP contribution < -0.4 is 54.4 Å². The van der Waals surface area contributed by atoms with Crippen LogP contribution >= 0.6 is 107 Å². The number of carbonyl (C=O) groups is 7. The number of nitrogens with two attached hydrogens (primary N) is 4. The second-order valence-electron chi connectivity index (χ2n) is 29.1. The number of hydrogen-bond acceptors (Lipinski definition) is 25. The van der Waals surface area contributed by atoms with Crippen molar-refractivity contribution in [2.75, 3.05) is 64.6 Å². The van der Waals surface area contributed by atoms with Crippen molar-refractivity contribution in [3.8, 4) is 0 Å². The van der Waals surface area contributed by atoms with E-state index < -0.39 is 67.0 Å². The van der Waals surface area contributed by atoms with Gasteiger partial charge in [-0.1, -0.05) is 0 Å². The topological polar surface area (TPSA) is 507 Å². The number of aldehydes is 2. The Bertz CT molecular complexity index is 5230. The Hall–Kier alpha value is -10.1. The molecule has 4 heterocycles. The van der Waals surface area contributed by atoms with E-state index in [0.717, 1.165) is 71.1 Å². The molecule has 2 saturated carbocycles. The van der Waals surface area contributed by atoms with E-state index in [9.17, 15) is 74.9 Å². The van der Waals surface area contributed by atoms with E-state index in [-0.39, 0.29) is 115 Å². The molecule has 14 N–H and O–H groups in total. The van der Waals surface area contributed by atoms with Crippen molar-refractivity contribution in [1.29, 1.82) is 0 Å². The predicted octanol–water partition coefficient (Wildman–Crippen LogP) is 19.1. The number of nitrogens with one attached hydrogen (secondary N) is 5. The van der Waals surface area contributed by atoms with Crippen molar-refractivity contribution in [3.63, 3.8) is 0 Å². The maximum atomic E-state index is 14.2. The number of rotatable bonds is 10. The third kappa shape index (κ3) is 42.4. The van der Waals surface area contributed by atoms with Gasteiger partial charge >= 0.3 is 23.6 Å². The minimum Gasteiger partial charge on any atom is -0.444 e. The van der Waals surface area contributed by atoms with Crippen LogP contribution in [-0.4, -0.2) is 131 Å². The SMILES string of the molecule is CC(=O)Cl.CC(=O)Nc1c(Br)ccc(F)c1[N+](=O)[O-].CC(=O)Nc1cc(F)ccc1Br.CC(C)(C)OC(=O)NC1CC(C2CC2)CN(c2ccc(F)c3nccnc23)C1.CC(C)(C)OC(=O)NC1CNCC(C2CC2)C1.Fc1ccc(Br)c2nccnc12.Nc1c(Br)ccc(F)c1[N+](=O)[O-].Nc1c(F)ccc(Br)c1N.Nc1cc(F)ccc1Br.O=CC=O.O=[N+]([O-])O.[Fe]. The van der Waals surface area contributed by atoms with Crippen LogP contribution in [0.5, 0.6) is 0 Å². The van der Waals surface area contributed by atoms with Crippen molar-refractivity contribution >= 4 is 222 Å². The van der Waals surface area contributed by atoms with Gasteiger partial charge in [0.05, 0.1) is 38.6 Å². The quantitative estimate of drug-likeness (QED) is 0.00888. The van der Waals surface area contributed by atoms with Crippen LogP contribution in [0.25, 0.3) is 22.1 Å². The molecule has 4 aliphatic rings. The van der Waals surface area contributed by atoms with Crippen LogP contribution in [0.1, 0.15) is 101 Å². The molecule has 2 aliphatic heterocycles. The number of amides is 4. The van der Waals surface area contributed by atoms with Crippen LogP contribution in [0, 0.1) is 94.7 Å². The third-order valence-electron chi connectivity index (χ3n) is 16.6. The van der Waals surface area contributed by atoms with E-state index >= 15 is 0 Å². The minimum atomic E-state index is -1.50. The smallest absolute Gasteiger partial charge is 0.407 e. The Morgan fingerprint density at radius 1 is 0.508 bits per heavy atom. The minimum absolute atomic E-state index is 0. The number of aromatic nitrogens is 4. The molecule has 2 saturated heterocycles. The molecule has 13 rings (SSSR count). The molecule has 696 valence electrons. The van der Waals surface area contributed by atoms with Crippen LogP contribution in [0.2, 0.25) is 0 Å². The van der Waals surface area contributed by atoms with Crippen molar-refractivity contribution in [3.05, 3.63) is 220 Å². The Kier molecular flexibility index (Phi) is 49.6. The molecule has 0 bridgehead atoms. The summed E-state index contributed by atoms with van der Waals surface area (Å²) in [5.74, 6) is -1.72. The molecule has 4 fully saturated rings. The molecular weight excluding hydrogens is 2160 g/mol. The normalized spacial score (nSPS) is 14.9. The van der Waals surface area contributed by atoms with Crippen molar-refractivity contribution in [1.82, 2.24) is 35.9 Å². The second kappa shape index (κ2) is 55.7. The van der Waals surface area contributed by atoms with E-state index in [1.807, 2.05) is 41.5 Å². The largest absolute Gasteiger partial charge is 0.444 e. The molecule has 4 amide bonds. The first-order valence-corrected chi connectivity index (χ1v) is 42.4. The van der Waals surface area contributed by atoms with Gasteiger partial charge in [-0.3, -0.25) is 54.2 Å². The monoisotopic (exact) mass is 2240 g/mol. The van der Waals surface area contributed by atoms with Gasteiger partial charge in [0.15, 0.2) is 24.2 Å². The van der Waals surface area contributed by atoms with Crippen molar-refractivity contribution in [2.24, 2.45) is 23.7 Å². The number of carbonyl (C=O) groups excluding carboxylic acids is 7. The molecule has 4 atom stereocenters. The third-order valence-corrected chi connectivity index (χ3v) is 20.7. The zero-order valence-corrected chi connectivity index (χ0v) is 80.7. The first kappa shape index (κ1) is 114. The maximum absolute atomic E-state index is 14.2. The maximum Gasteiger partial charge on any atom is 0.407 e. The standard InChI is InChI=1S/C21H27FN4O2.C13H24N2O2.C8H6BrFN2O3.C8H4BrFN2.C8H7BrFNO.C6H4BrFN2O2.C6H6BrFN2.C6H5BrFN.C2H3ClO.C2H2O2.Fe.HNO3/c1-21(2,3)28-20(27)25-15-10-14(13-4-5-13)11-26(12-15)17-7-6-16(22)18-19(17)24-9-8-23-18;1-13(2,3)17-12(16)15-11-6-10(7-14-8-11)9-4-5-9;1-4(13)11-7-5(9)2-3-6(10)8(7)12(14)15;9-5-1-2-6(10)8-7(5)11-3-4-12-8;1-5(12)11-8-4-6(10)2-3-7(8)9;7-3-1-2-4(8)6(5(3)9)10(11)12;7-3-1-2-4(8)6(10)5(3)9;7-5-2-1-4(8)3-6(5)9;1-2(3)4;3-1-2-4;;2-1(3)4/h6-9,13-15H,4-5,10-12H2,1-3H3,(H,25,27);9-11,14H,4-8H2,1-3H3,(H,15,16);2-3H,1H3,(H,11,13);1-4H;2-4H,1H3,(H,11,12);1-2H,9H2;1-2H,9-10H2;1-3H,9H2;1H3;1-2H;;(H,2,3,4). The van der Waals surface area contributed by atoms with Crippen molar-refractivity contribution in [2.45, 2.75) is 124 Å². The zero-order valence-electron chi connectivity index (χ0n) is 69.3. The van der Waals surface area contributed by atoms with Gasteiger partial charge in [-0.25, -0.2) is 41.5 Å². The van der Waals surface area contributed by atoms with Gasteiger partial charge in [-0.2, -0.15) is 8.78 Å². The number of benzene rings is 7. The average molecular weight is 2250 g/mol. The fraction of sp³-hybridized carbons (Fsp3) is 0.338. The van der Waals surface area contributed by atoms with Gasteiger partial charge in [-0.15, -0.1) is 10.1 Å². The summed E-state index contributed by atoms with van der Waals surface area (Å²) in [6, 6.07) is 22.0. The Labute approximate surface area is 795 Å². The van der Waals surface area contributed by atoms with E-state index in [1.165, 1.54) is 126 Å².